The largest absolute Gasteiger partial charge is 0.399 e. The fourth-order valence-corrected chi connectivity index (χ4v) is 2.17. The van der Waals surface area contributed by atoms with Crippen LogP contribution < -0.4 is 5.73 Å². The van der Waals surface area contributed by atoms with Crippen molar-refractivity contribution >= 4 is 17.3 Å². The highest BCUT2D eigenvalue weighted by molar-refractivity contribution is 6.30. The second-order valence-corrected chi connectivity index (χ2v) is 5.48. The lowest BCUT2D eigenvalue weighted by Crippen LogP contribution is -2.36. The van der Waals surface area contributed by atoms with E-state index in [1.807, 2.05) is 0 Å². The van der Waals surface area contributed by atoms with Crippen molar-refractivity contribution in [3.05, 3.63) is 28.8 Å². The minimum Gasteiger partial charge on any atom is -0.399 e. The van der Waals surface area contributed by atoms with E-state index in [2.05, 4.69) is 0 Å². The van der Waals surface area contributed by atoms with Crippen LogP contribution in [0.2, 0.25) is 5.02 Å². The number of aryl methyl sites for hydroxylation is 1. The Bertz CT molecular complexity index is 399. The third kappa shape index (κ3) is 3.78. The second kappa shape index (κ2) is 7.04. The van der Waals surface area contributed by atoms with Crippen molar-refractivity contribution in [3.63, 3.8) is 0 Å². The number of alkyl halides is 3. The van der Waals surface area contributed by atoms with Gasteiger partial charge in [-0.05, 0) is 42.5 Å². The summed E-state index contributed by atoms with van der Waals surface area (Å²) in [6.07, 6.45) is 0.984. The minimum absolute atomic E-state index is 0.411. The van der Waals surface area contributed by atoms with E-state index in [1.165, 1.54) is 0 Å². The molecule has 0 aromatic heterocycles. The van der Waals surface area contributed by atoms with Crippen LogP contribution >= 0.6 is 11.6 Å². The highest BCUT2D eigenvalue weighted by Crippen LogP contribution is 2.34. The minimum atomic E-state index is -1.52. The van der Waals surface area contributed by atoms with Gasteiger partial charge in [0.2, 0.25) is 0 Å². The van der Waals surface area contributed by atoms with E-state index < -0.39 is 31.4 Å². The molecule has 0 saturated carbocycles. The highest BCUT2D eigenvalue weighted by Gasteiger charge is 2.36. The molecule has 1 nitrogen and oxygen atoms in total. The number of nitrogens with two attached hydrogens (primary N) is 1. The number of benzene rings is 1. The van der Waals surface area contributed by atoms with Crippen LogP contribution in [0.1, 0.15) is 18.9 Å². The maximum atomic E-state index is 12.9. The van der Waals surface area contributed by atoms with Crippen molar-refractivity contribution in [2.45, 2.75) is 19.8 Å². The molecular weight excluding hydrogens is 275 g/mol. The fraction of sp³-hybridized carbons (Fsp3) is 0.571. The van der Waals surface area contributed by atoms with Gasteiger partial charge in [0.25, 0.3) is 0 Å². The van der Waals surface area contributed by atoms with Gasteiger partial charge in [0.15, 0.2) is 0 Å². The van der Waals surface area contributed by atoms with Crippen molar-refractivity contribution in [1.29, 1.82) is 0 Å². The predicted octanol–water partition coefficient (Wildman–Crippen LogP) is 4.39. The molecule has 19 heavy (non-hydrogen) atoms. The van der Waals surface area contributed by atoms with E-state index in [0.29, 0.717) is 23.6 Å². The van der Waals surface area contributed by atoms with Gasteiger partial charge in [-0.1, -0.05) is 18.5 Å². The first-order valence-electron chi connectivity index (χ1n) is 6.21. The van der Waals surface area contributed by atoms with Crippen molar-refractivity contribution in [3.8, 4) is 0 Å². The van der Waals surface area contributed by atoms with Gasteiger partial charge in [-0.2, -0.15) is 0 Å². The second-order valence-electron chi connectivity index (χ2n) is 5.05. The molecule has 1 unspecified atom stereocenters. The molecule has 0 aliphatic heterocycles. The first kappa shape index (κ1) is 16.2. The maximum absolute atomic E-state index is 12.9. The van der Waals surface area contributed by atoms with E-state index in [0.717, 1.165) is 5.56 Å². The van der Waals surface area contributed by atoms with Gasteiger partial charge in [-0.25, -0.2) is 0 Å². The lowest BCUT2D eigenvalue weighted by atomic mass is 9.76. The summed E-state index contributed by atoms with van der Waals surface area (Å²) < 4.78 is 38.7. The molecule has 0 aliphatic rings. The molecule has 0 bridgehead atoms. The van der Waals surface area contributed by atoms with E-state index >= 15 is 0 Å². The molecule has 5 heteroatoms. The summed E-state index contributed by atoms with van der Waals surface area (Å²) in [6.45, 7) is -1.32. The lowest BCUT2D eigenvalue weighted by molar-refractivity contribution is 0.0502. The zero-order valence-electron chi connectivity index (χ0n) is 10.9. The van der Waals surface area contributed by atoms with Gasteiger partial charge >= 0.3 is 0 Å². The lowest BCUT2D eigenvalue weighted by Gasteiger charge is -2.31. The molecular formula is C14H19ClF3N. The van der Waals surface area contributed by atoms with Crippen LogP contribution in [0.15, 0.2) is 18.2 Å². The Morgan fingerprint density at radius 2 is 1.79 bits per heavy atom. The Morgan fingerprint density at radius 3 is 2.32 bits per heavy atom. The summed E-state index contributed by atoms with van der Waals surface area (Å²) in [5, 5.41) is 0.560. The van der Waals surface area contributed by atoms with E-state index in [1.54, 1.807) is 25.1 Å². The van der Waals surface area contributed by atoms with E-state index in [9.17, 15) is 13.2 Å². The molecule has 0 aliphatic carbocycles. The standard InChI is InChI=1S/C14H19ClF3N/c1-10(14(7-16,8-17)9-18)2-3-11-6-12(15)4-5-13(11)19/h4-6,10H,2-3,7-9,19H2,1H3. The van der Waals surface area contributed by atoms with Crippen LogP contribution in [0.5, 0.6) is 0 Å². The highest BCUT2D eigenvalue weighted by atomic mass is 35.5. The predicted molar refractivity (Wildman–Crippen MR) is 73.7 cm³/mol. The Hall–Kier alpha value is -0.900. The maximum Gasteiger partial charge on any atom is 0.100 e. The van der Waals surface area contributed by atoms with Crippen LogP contribution in [0.25, 0.3) is 0 Å². The monoisotopic (exact) mass is 293 g/mol. The Balaban J connectivity index is 2.72. The third-order valence-electron chi connectivity index (χ3n) is 3.80. The molecule has 1 aromatic carbocycles. The van der Waals surface area contributed by atoms with E-state index in [-0.39, 0.29) is 0 Å². The van der Waals surface area contributed by atoms with Gasteiger partial charge in [-0.15, -0.1) is 0 Å². The number of hydrogen-bond donors (Lipinski definition) is 1. The number of anilines is 1. The Labute approximate surface area is 116 Å². The molecule has 1 aromatic rings. The molecule has 0 radical (unpaired) electrons. The molecule has 2 N–H and O–H groups in total. The Kier molecular flexibility index (Phi) is 5.98. The van der Waals surface area contributed by atoms with Crippen LogP contribution in [0.4, 0.5) is 18.9 Å². The number of halogens is 4. The molecule has 1 rings (SSSR count). The number of rotatable bonds is 7. The van der Waals surface area contributed by atoms with Crippen molar-refractivity contribution < 1.29 is 13.2 Å². The van der Waals surface area contributed by atoms with Crippen molar-refractivity contribution in [1.82, 2.24) is 0 Å². The molecule has 0 spiro atoms. The molecule has 108 valence electrons. The third-order valence-corrected chi connectivity index (χ3v) is 4.03. The quantitative estimate of drug-likeness (QED) is 0.742. The molecule has 0 fully saturated rings. The fourth-order valence-electron chi connectivity index (χ4n) is 1.97. The number of hydrogen-bond acceptors (Lipinski definition) is 1. The SMILES string of the molecule is CC(CCc1cc(Cl)ccc1N)C(CF)(CF)CF. The summed E-state index contributed by atoms with van der Waals surface area (Å²) in [6, 6.07) is 5.10. The molecule has 0 amide bonds. The first-order valence-corrected chi connectivity index (χ1v) is 6.58. The van der Waals surface area contributed by atoms with Gasteiger partial charge in [-0.3, -0.25) is 13.2 Å². The molecule has 0 heterocycles. The van der Waals surface area contributed by atoms with Crippen molar-refractivity contribution in [2.24, 2.45) is 11.3 Å². The topological polar surface area (TPSA) is 26.0 Å². The first-order chi connectivity index (χ1) is 8.99. The van der Waals surface area contributed by atoms with Crippen molar-refractivity contribution in [2.75, 3.05) is 25.8 Å². The smallest absolute Gasteiger partial charge is 0.100 e. The van der Waals surface area contributed by atoms with Gasteiger partial charge in [0, 0.05) is 10.7 Å². The average Bonchev–Trinajstić information content (AvgIpc) is 2.42. The number of nitrogen functional groups attached to an aromatic ring is 1. The zero-order valence-corrected chi connectivity index (χ0v) is 11.7. The summed E-state index contributed by atoms with van der Waals surface area (Å²) in [4.78, 5) is 0. The van der Waals surface area contributed by atoms with Crippen LogP contribution in [0.3, 0.4) is 0 Å². The average molecular weight is 294 g/mol. The summed E-state index contributed by atoms with van der Waals surface area (Å²) in [7, 11) is 0. The zero-order chi connectivity index (χ0) is 14.5. The molecule has 1 atom stereocenters. The van der Waals surface area contributed by atoms with Crippen LogP contribution in [-0.2, 0) is 6.42 Å². The molecule has 0 saturated heterocycles. The normalized spacial score (nSPS) is 13.5. The van der Waals surface area contributed by atoms with E-state index in [4.69, 9.17) is 17.3 Å². The van der Waals surface area contributed by atoms with Gasteiger partial charge in [0.1, 0.15) is 20.0 Å². The summed E-state index contributed by atoms with van der Waals surface area (Å²) in [5.41, 5.74) is 5.69. The summed E-state index contributed by atoms with van der Waals surface area (Å²) >= 11 is 5.87. The summed E-state index contributed by atoms with van der Waals surface area (Å²) in [5.74, 6) is -0.411. The van der Waals surface area contributed by atoms with Crippen LogP contribution in [0, 0.1) is 11.3 Å². The van der Waals surface area contributed by atoms with Gasteiger partial charge < -0.3 is 5.73 Å². The van der Waals surface area contributed by atoms with Gasteiger partial charge in [0.05, 0.1) is 5.41 Å². The Morgan fingerprint density at radius 1 is 1.21 bits per heavy atom. The van der Waals surface area contributed by atoms with Crippen LogP contribution in [-0.4, -0.2) is 20.0 Å².